The van der Waals surface area contributed by atoms with E-state index in [-0.39, 0.29) is 5.56 Å². The van der Waals surface area contributed by atoms with Gasteiger partial charge >= 0.3 is 6.18 Å². The maximum absolute atomic E-state index is 12.6. The summed E-state index contributed by atoms with van der Waals surface area (Å²) in [5, 5.41) is 14.6. The highest BCUT2D eigenvalue weighted by Crippen LogP contribution is 2.30. The SMILES string of the molecule is N#Cc1ccccc1NC(=O)c1ccnc(Nc2ccc(C(F)(F)F)cc2)c1. The number of carbonyl (C=O) groups excluding carboxylic acids is 1. The summed E-state index contributed by atoms with van der Waals surface area (Å²) in [7, 11) is 0. The third-order valence-corrected chi connectivity index (χ3v) is 3.80. The average Bonchev–Trinajstić information content (AvgIpc) is 2.68. The highest BCUT2D eigenvalue weighted by molar-refractivity contribution is 6.05. The molecule has 0 fully saturated rings. The Kier molecular flexibility index (Phi) is 5.27. The van der Waals surface area contributed by atoms with E-state index in [1.165, 1.54) is 30.5 Å². The van der Waals surface area contributed by atoms with Crippen LogP contribution in [0.25, 0.3) is 0 Å². The van der Waals surface area contributed by atoms with Crippen LogP contribution in [0.4, 0.5) is 30.4 Å². The van der Waals surface area contributed by atoms with E-state index in [4.69, 9.17) is 5.26 Å². The molecule has 1 aromatic heterocycles. The molecule has 5 nitrogen and oxygen atoms in total. The number of aromatic nitrogens is 1. The Labute approximate surface area is 158 Å². The lowest BCUT2D eigenvalue weighted by Gasteiger charge is -2.10. The molecule has 3 rings (SSSR count). The largest absolute Gasteiger partial charge is 0.416 e. The van der Waals surface area contributed by atoms with Crippen LogP contribution in [0.2, 0.25) is 0 Å². The van der Waals surface area contributed by atoms with Crippen molar-refractivity contribution < 1.29 is 18.0 Å². The number of halogens is 3. The second kappa shape index (κ2) is 7.80. The van der Waals surface area contributed by atoms with Crippen LogP contribution < -0.4 is 10.6 Å². The number of carbonyl (C=O) groups is 1. The maximum atomic E-state index is 12.6. The van der Waals surface area contributed by atoms with Crippen LogP contribution in [0, 0.1) is 11.3 Å². The molecule has 0 saturated heterocycles. The van der Waals surface area contributed by atoms with Crippen molar-refractivity contribution in [2.45, 2.75) is 6.18 Å². The number of para-hydroxylation sites is 1. The number of anilines is 3. The normalized spacial score (nSPS) is 10.8. The summed E-state index contributed by atoms with van der Waals surface area (Å²) in [5.41, 5.74) is 0.623. The fourth-order valence-corrected chi connectivity index (χ4v) is 2.41. The summed E-state index contributed by atoms with van der Waals surface area (Å²) in [6.07, 6.45) is -3.01. The molecule has 1 amide bonds. The molecule has 0 bridgehead atoms. The Morgan fingerprint density at radius 2 is 1.75 bits per heavy atom. The number of amides is 1. The van der Waals surface area contributed by atoms with Crippen molar-refractivity contribution >= 4 is 23.1 Å². The van der Waals surface area contributed by atoms with E-state index >= 15 is 0 Å². The molecule has 2 aromatic carbocycles. The third-order valence-electron chi connectivity index (χ3n) is 3.80. The Morgan fingerprint density at radius 1 is 1.04 bits per heavy atom. The summed E-state index contributed by atoms with van der Waals surface area (Å²) in [5.74, 6) is -0.151. The molecule has 1 heterocycles. The van der Waals surface area contributed by atoms with Gasteiger partial charge in [-0.05, 0) is 48.5 Å². The van der Waals surface area contributed by atoms with Gasteiger partial charge < -0.3 is 10.6 Å². The predicted octanol–water partition coefficient (Wildman–Crippen LogP) is 4.97. The quantitative estimate of drug-likeness (QED) is 0.668. The molecule has 0 saturated carbocycles. The predicted molar refractivity (Wildman–Crippen MR) is 98.1 cm³/mol. The minimum atomic E-state index is -4.41. The Morgan fingerprint density at radius 3 is 2.43 bits per heavy atom. The lowest BCUT2D eigenvalue weighted by molar-refractivity contribution is -0.137. The topological polar surface area (TPSA) is 77.8 Å². The molecule has 0 spiro atoms. The molecule has 8 heteroatoms. The van der Waals surface area contributed by atoms with Crippen molar-refractivity contribution in [3.05, 3.63) is 83.6 Å². The molecule has 0 unspecified atom stereocenters. The van der Waals surface area contributed by atoms with E-state index in [0.29, 0.717) is 22.8 Å². The van der Waals surface area contributed by atoms with E-state index in [1.54, 1.807) is 24.3 Å². The highest BCUT2D eigenvalue weighted by atomic mass is 19.4. The Bertz CT molecular complexity index is 1040. The number of alkyl halides is 3. The average molecular weight is 382 g/mol. The van der Waals surface area contributed by atoms with E-state index in [0.717, 1.165) is 12.1 Å². The molecule has 0 aliphatic carbocycles. The minimum Gasteiger partial charge on any atom is -0.340 e. The number of benzene rings is 2. The molecular weight excluding hydrogens is 369 g/mol. The molecule has 0 radical (unpaired) electrons. The number of rotatable bonds is 4. The molecule has 28 heavy (non-hydrogen) atoms. The van der Waals surface area contributed by atoms with Gasteiger partial charge in [-0.3, -0.25) is 4.79 Å². The van der Waals surface area contributed by atoms with Gasteiger partial charge in [0, 0.05) is 17.4 Å². The minimum absolute atomic E-state index is 0.275. The first-order valence-corrected chi connectivity index (χ1v) is 8.07. The number of pyridine rings is 1. The Balaban J connectivity index is 1.75. The van der Waals surface area contributed by atoms with Crippen molar-refractivity contribution in [3.63, 3.8) is 0 Å². The van der Waals surface area contributed by atoms with Crippen LogP contribution >= 0.6 is 0 Å². The van der Waals surface area contributed by atoms with Gasteiger partial charge in [0.15, 0.2) is 0 Å². The van der Waals surface area contributed by atoms with E-state index < -0.39 is 17.6 Å². The van der Waals surface area contributed by atoms with E-state index in [2.05, 4.69) is 15.6 Å². The van der Waals surface area contributed by atoms with Crippen LogP contribution in [0.15, 0.2) is 66.9 Å². The van der Waals surface area contributed by atoms with Gasteiger partial charge in [0.05, 0.1) is 16.8 Å². The molecule has 0 aliphatic rings. The van der Waals surface area contributed by atoms with Crippen LogP contribution in [0.1, 0.15) is 21.5 Å². The number of nitrogens with one attached hydrogen (secondary N) is 2. The summed E-state index contributed by atoms with van der Waals surface area (Å²) in [6, 6.07) is 16.0. The van der Waals surface area contributed by atoms with E-state index in [1.807, 2.05) is 6.07 Å². The second-order valence-electron chi connectivity index (χ2n) is 5.74. The maximum Gasteiger partial charge on any atom is 0.416 e. The molecular formula is C20H13F3N4O. The van der Waals surface area contributed by atoms with Crippen LogP contribution in [0.5, 0.6) is 0 Å². The summed E-state index contributed by atoms with van der Waals surface area (Å²) < 4.78 is 37.9. The van der Waals surface area contributed by atoms with E-state index in [9.17, 15) is 18.0 Å². The zero-order valence-electron chi connectivity index (χ0n) is 14.3. The van der Waals surface area contributed by atoms with Crippen molar-refractivity contribution in [2.75, 3.05) is 10.6 Å². The molecule has 0 aliphatic heterocycles. The van der Waals surface area contributed by atoms with Crippen LogP contribution in [-0.4, -0.2) is 10.9 Å². The number of nitriles is 1. The monoisotopic (exact) mass is 382 g/mol. The van der Waals surface area contributed by atoms with Gasteiger partial charge in [0.1, 0.15) is 11.9 Å². The standard InChI is InChI=1S/C20H13F3N4O/c21-20(22,23)15-5-7-16(8-6-15)26-18-11-13(9-10-25-18)19(28)27-17-4-2-1-3-14(17)12-24/h1-11H,(H,25,26)(H,27,28). The zero-order chi connectivity index (χ0) is 20.1. The van der Waals surface area contributed by atoms with Crippen LogP contribution in [0.3, 0.4) is 0 Å². The number of hydrogen-bond acceptors (Lipinski definition) is 4. The summed E-state index contributed by atoms with van der Waals surface area (Å²) >= 11 is 0. The summed E-state index contributed by atoms with van der Waals surface area (Å²) in [4.78, 5) is 16.5. The Hall–Kier alpha value is -3.86. The molecule has 0 atom stereocenters. The van der Waals surface area contributed by atoms with Crippen molar-refractivity contribution in [1.29, 1.82) is 5.26 Å². The van der Waals surface area contributed by atoms with Gasteiger partial charge in [0.2, 0.25) is 0 Å². The van der Waals surface area contributed by atoms with Gasteiger partial charge in [0.25, 0.3) is 5.91 Å². The van der Waals surface area contributed by atoms with Gasteiger partial charge in [-0.1, -0.05) is 12.1 Å². The lowest BCUT2D eigenvalue weighted by atomic mass is 10.1. The third kappa shape index (κ3) is 4.45. The van der Waals surface area contributed by atoms with Gasteiger partial charge in [-0.15, -0.1) is 0 Å². The zero-order valence-corrected chi connectivity index (χ0v) is 14.3. The fraction of sp³-hybridized carbons (Fsp3) is 0.0500. The molecule has 3 aromatic rings. The van der Waals surface area contributed by atoms with Gasteiger partial charge in [-0.2, -0.15) is 18.4 Å². The number of hydrogen-bond donors (Lipinski definition) is 2. The lowest BCUT2D eigenvalue weighted by Crippen LogP contribution is -2.13. The first kappa shape index (κ1) is 18.9. The highest BCUT2D eigenvalue weighted by Gasteiger charge is 2.29. The first-order valence-electron chi connectivity index (χ1n) is 8.07. The van der Waals surface area contributed by atoms with Gasteiger partial charge in [-0.25, -0.2) is 4.98 Å². The molecule has 140 valence electrons. The number of nitrogens with zero attached hydrogens (tertiary/aromatic N) is 2. The van der Waals surface area contributed by atoms with Crippen molar-refractivity contribution in [1.82, 2.24) is 4.98 Å². The smallest absolute Gasteiger partial charge is 0.340 e. The first-order chi connectivity index (χ1) is 13.4. The van der Waals surface area contributed by atoms with Crippen molar-refractivity contribution in [3.8, 4) is 6.07 Å². The van der Waals surface area contributed by atoms with Crippen LogP contribution in [-0.2, 0) is 6.18 Å². The fourth-order valence-electron chi connectivity index (χ4n) is 2.41. The van der Waals surface area contributed by atoms with Crippen molar-refractivity contribution in [2.24, 2.45) is 0 Å². The molecule has 2 N–H and O–H groups in total. The summed E-state index contributed by atoms with van der Waals surface area (Å²) in [6.45, 7) is 0. The second-order valence-corrected chi connectivity index (χ2v) is 5.74.